The summed E-state index contributed by atoms with van der Waals surface area (Å²) in [6.45, 7) is 3.33. The van der Waals surface area contributed by atoms with Crippen molar-refractivity contribution in [2.24, 2.45) is 11.5 Å². The molecule has 6 nitrogen and oxygen atoms in total. The van der Waals surface area contributed by atoms with Gasteiger partial charge < -0.3 is 16.2 Å². The lowest BCUT2D eigenvalue weighted by molar-refractivity contribution is -0.126. The molecule has 3 amide bonds. The van der Waals surface area contributed by atoms with Crippen LogP contribution in [0.15, 0.2) is 22.7 Å². The molecule has 2 atom stereocenters. The number of nitrogens with one attached hydrogen (secondary N) is 1. The molecule has 1 aromatic rings. The van der Waals surface area contributed by atoms with Crippen LogP contribution in [0.2, 0.25) is 0 Å². The maximum atomic E-state index is 11.5. The number of nitrogens with two attached hydrogens (primary N) is 2. The molecule has 7 heteroatoms. The van der Waals surface area contributed by atoms with Gasteiger partial charge in [0, 0.05) is 16.1 Å². The minimum Gasteiger partial charge on any atom is -0.481 e. The van der Waals surface area contributed by atoms with Gasteiger partial charge in [-0.15, -0.1) is 0 Å². The van der Waals surface area contributed by atoms with Crippen LogP contribution in [0.25, 0.3) is 0 Å². The summed E-state index contributed by atoms with van der Waals surface area (Å²) in [5.74, 6) is -0.114. The molecule has 1 aromatic carbocycles. The maximum absolute atomic E-state index is 11.5. The van der Waals surface area contributed by atoms with Crippen molar-refractivity contribution in [2.75, 3.05) is 0 Å². The van der Waals surface area contributed by atoms with Gasteiger partial charge in [-0.25, -0.2) is 4.79 Å². The van der Waals surface area contributed by atoms with Gasteiger partial charge in [-0.3, -0.25) is 10.1 Å². The van der Waals surface area contributed by atoms with E-state index in [4.69, 9.17) is 16.2 Å². The number of ether oxygens (including phenoxy) is 1. The van der Waals surface area contributed by atoms with Crippen LogP contribution < -0.4 is 21.5 Å². The minimum atomic E-state index is -0.913. The van der Waals surface area contributed by atoms with E-state index in [2.05, 4.69) is 15.9 Å². The molecular formula is C12H16BrN3O3. The number of rotatable bonds is 4. The van der Waals surface area contributed by atoms with E-state index in [1.165, 1.54) is 6.92 Å². The van der Waals surface area contributed by atoms with Crippen molar-refractivity contribution in [2.45, 2.75) is 26.0 Å². The number of benzene rings is 1. The summed E-state index contributed by atoms with van der Waals surface area (Å²) in [5.41, 5.74) is 11.5. The maximum Gasteiger partial charge on any atom is 0.318 e. The van der Waals surface area contributed by atoms with Gasteiger partial charge in [-0.1, -0.05) is 15.9 Å². The van der Waals surface area contributed by atoms with Crippen LogP contribution in [-0.2, 0) is 4.79 Å². The van der Waals surface area contributed by atoms with Crippen LogP contribution in [0, 0.1) is 0 Å². The average molecular weight is 330 g/mol. The van der Waals surface area contributed by atoms with E-state index in [0.29, 0.717) is 5.75 Å². The smallest absolute Gasteiger partial charge is 0.318 e. The third-order valence-corrected chi connectivity index (χ3v) is 2.88. The molecule has 1 rings (SSSR count). The first kappa shape index (κ1) is 15.5. The Balaban J connectivity index is 2.87. The number of halogens is 1. The number of primary amides is 1. The van der Waals surface area contributed by atoms with E-state index in [9.17, 15) is 9.59 Å². The van der Waals surface area contributed by atoms with Gasteiger partial charge >= 0.3 is 6.03 Å². The first-order chi connectivity index (χ1) is 8.81. The highest BCUT2D eigenvalue weighted by Gasteiger charge is 2.18. The molecule has 0 spiro atoms. The lowest BCUT2D eigenvalue weighted by atomic mass is 10.1. The Labute approximate surface area is 119 Å². The third-order valence-electron chi connectivity index (χ3n) is 2.38. The number of carbonyl (C=O) groups is 2. The molecule has 0 aromatic heterocycles. The second-order valence-corrected chi connectivity index (χ2v) is 5.00. The summed E-state index contributed by atoms with van der Waals surface area (Å²) >= 11 is 3.34. The number of urea groups is 1. The summed E-state index contributed by atoms with van der Waals surface area (Å²) < 4.78 is 6.37. The van der Waals surface area contributed by atoms with E-state index >= 15 is 0 Å². The number of imide groups is 1. The summed E-state index contributed by atoms with van der Waals surface area (Å²) in [6, 6.07) is 4.14. The van der Waals surface area contributed by atoms with Gasteiger partial charge in [0.2, 0.25) is 0 Å². The fourth-order valence-electron chi connectivity index (χ4n) is 1.45. The van der Waals surface area contributed by atoms with Crippen LogP contribution in [0.4, 0.5) is 4.79 Å². The molecule has 0 heterocycles. The Hall–Kier alpha value is -1.60. The molecular weight excluding hydrogens is 314 g/mol. The predicted molar refractivity (Wildman–Crippen MR) is 74.6 cm³/mol. The molecule has 0 fully saturated rings. The fraction of sp³-hybridized carbons (Fsp3) is 0.333. The largest absolute Gasteiger partial charge is 0.481 e. The molecule has 1 unspecified atom stereocenters. The molecule has 0 aliphatic carbocycles. The first-order valence-corrected chi connectivity index (χ1v) is 6.42. The van der Waals surface area contributed by atoms with Crippen molar-refractivity contribution in [3.63, 3.8) is 0 Å². The van der Waals surface area contributed by atoms with Crippen molar-refractivity contribution in [1.29, 1.82) is 0 Å². The van der Waals surface area contributed by atoms with Gasteiger partial charge in [0.05, 0.1) is 0 Å². The molecule has 0 aliphatic rings. The molecule has 19 heavy (non-hydrogen) atoms. The van der Waals surface area contributed by atoms with Crippen molar-refractivity contribution in [3.05, 3.63) is 28.2 Å². The zero-order valence-corrected chi connectivity index (χ0v) is 12.2. The van der Waals surface area contributed by atoms with Crippen LogP contribution in [-0.4, -0.2) is 18.0 Å². The monoisotopic (exact) mass is 329 g/mol. The quantitative estimate of drug-likeness (QED) is 0.776. The second kappa shape index (κ2) is 6.53. The molecule has 5 N–H and O–H groups in total. The summed E-state index contributed by atoms with van der Waals surface area (Å²) in [6.07, 6.45) is -0.855. The van der Waals surface area contributed by atoms with Crippen molar-refractivity contribution in [1.82, 2.24) is 5.32 Å². The zero-order chi connectivity index (χ0) is 14.6. The summed E-state index contributed by atoms with van der Waals surface area (Å²) in [4.78, 5) is 22.1. The van der Waals surface area contributed by atoms with E-state index in [1.807, 2.05) is 18.3 Å². The Morgan fingerprint density at radius 2 is 2.00 bits per heavy atom. The molecule has 0 saturated carbocycles. The standard InChI is InChI=1S/C12H16BrN3O3/c1-6(14)9-5-8(13)3-4-10(9)19-7(2)11(17)16-12(15)18/h3-7H,14H2,1-2H3,(H3,15,16,17,18)/t6-,7?/m0/s1. The lowest BCUT2D eigenvalue weighted by Crippen LogP contribution is -2.42. The minimum absolute atomic E-state index is 0.251. The highest BCUT2D eigenvalue weighted by molar-refractivity contribution is 9.10. The van der Waals surface area contributed by atoms with Crippen LogP contribution in [0.1, 0.15) is 25.5 Å². The highest BCUT2D eigenvalue weighted by Crippen LogP contribution is 2.28. The van der Waals surface area contributed by atoms with Gasteiger partial charge in [0.15, 0.2) is 6.10 Å². The van der Waals surface area contributed by atoms with Crippen LogP contribution in [0.3, 0.4) is 0 Å². The van der Waals surface area contributed by atoms with Crippen LogP contribution in [0.5, 0.6) is 5.75 Å². The molecule has 104 valence electrons. The van der Waals surface area contributed by atoms with Crippen molar-refractivity contribution < 1.29 is 14.3 Å². The molecule has 0 saturated heterocycles. The predicted octanol–water partition coefficient (Wildman–Crippen LogP) is 1.43. The highest BCUT2D eigenvalue weighted by atomic mass is 79.9. The third kappa shape index (κ3) is 4.53. The SMILES string of the molecule is CC(Oc1ccc(Br)cc1[C@H](C)N)C(=O)NC(N)=O. The number of amides is 3. The van der Waals surface area contributed by atoms with Crippen LogP contribution >= 0.6 is 15.9 Å². The number of hydrogen-bond acceptors (Lipinski definition) is 4. The van der Waals surface area contributed by atoms with E-state index in [1.54, 1.807) is 12.1 Å². The Morgan fingerprint density at radius 1 is 1.37 bits per heavy atom. The lowest BCUT2D eigenvalue weighted by Gasteiger charge is -2.18. The Kier molecular flexibility index (Phi) is 5.31. The normalized spacial score (nSPS) is 13.5. The zero-order valence-electron chi connectivity index (χ0n) is 10.6. The summed E-state index contributed by atoms with van der Waals surface area (Å²) in [7, 11) is 0. The Morgan fingerprint density at radius 3 is 2.53 bits per heavy atom. The summed E-state index contributed by atoms with van der Waals surface area (Å²) in [5, 5.41) is 1.96. The van der Waals surface area contributed by atoms with E-state index in [0.717, 1.165) is 10.0 Å². The van der Waals surface area contributed by atoms with E-state index < -0.39 is 18.0 Å². The number of hydrogen-bond donors (Lipinski definition) is 3. The van der Waals surface area contributed by atoms with Gasteiger partial charge in [0.25, 0.3) is 5.91 Å². The van der Waals surface area contributed by atoms with Gasteiger partial charge in [-0.2, -0.15) is 0 Å². The fourth-order valence-corrected chi connectivity index (χ4v) is 1.83. The molecule has 0 radical (unpaired) electrons. The van der Waals surface area contributed by atoms with Gasteiger partial charge in [0.1, 0.15) is 5.75 Å². The van der Waals surface area contributed by atoms with Crippen molar-refractivity contribution in [3.8, 4) is 5.75 Å². The molecule has 0 bridgehead atoms. The van der Waals surface area contributed by atoms with E-state index in [-0.39, 0.29) is 6.04 Å². The average Bonchev–Trinajstić information content (AvgIpc) is 2.30. The first-order valence-electron chi connectivity index (χ1n) is 5.63. The number of carbonyl (C=O) groups excluding carboxylic acids is 2. The van der Waals surface area contributed by atoms with Crippen molar-refractivity contribution >= 4 is 27.9 Å². The Bertz CT molecular complexity index is 491. The van der Waals surface area contributed by atoms with Gasteiger partial charge in [-0.05, 0) is 32.0 Å². The molecule has 0 aliphatic heterocycles. The topological polar surface area (TPSA) is 107 Å². The second-order valence-electron chi connectivity index (χ2n) is 4.08.